The fourth-order valence-electron chi connectivity index (χ4n) is 1.12. The molecule has 0 amide bonds. The van der Waals surface area contributed by atoms with E-state index in [9.17, 15) is 0 Å². The summed E-state index contributed by atoms with van der Waals surface area (Å²) in [6.45, 7) is 4.32. The number of hydrogen-bond donors (Lipinski definition) is 1. The van der Waals surface area contributed by atoms with Crippen LogP contribution >= 0.6 is 0 Å². The molecule has 0 radical (unpaired) electrons. The van der Waals surface area contributed by atoms with Crippen LogP contribution in [-0.4, -0.2) is 6.04 Å². The Kier molecular flexibility index (Phi) is 3.30. The standard InChI is InChI=1S/C11H17N/c1-9(2)11(12)8-10-6-4-3-5-7-10/h3-7,9,11H,8,12H2,1-2H3/t11-/m0/s1. The summed E-state index contributed by atoms with van der Waals surface area (Å²) in [6.07, 6.45) is 0.985. The third kappa shape index (κ3) is 2.67. The molecule has 0 saturated carbocycles. The largest absolute Gasteiger partial charge is 0.327 e. The van der Waals surface area contributed by atoms with Gasteiger partial charge in [-0.3, -0.25) is 0 Å². The second-order valence-electron chi connectivity index (χ2n) is 3.60. The van der Waals surface area contributed by atoms with Gasteiger partial charge in [0.15, 0.2) is 0 Å². The molecule has 0 unspecified atom stereocenters. The Bertz CT molecular complexity index is 216. The highest BCUT2D eigenvalue weighted by atomic mass is 14.6. The van der Waals surface area contributed by atoms with Crippen LogP contribution in [0.2, 0.25) is 0 Å². The van der Waals surface area contributed by atoms with Crippen molar-refractivity contribution in [3.63, 3.8) is 0 Å². The van der Waals surface area contributed by atoms with E-state index in [0.29, 0.717) is 5.92 Å². The Morgan fingerprint density at radius 1 is 1.17 bits per heavy atom. The number of nitrogens with two attached hydrogens (primary N) is 1. The van der Waals surface area contributed by atoms with Gasteiger partial charge in [0.25, 0.3) is 0 Å². The zero-order valence-corrected chi connectivity index (χ0v) is 7.83. The van der Waals surface area contributed by atoms with Crippen LogP contribution in [0.3, 0.4) is 0 Å². The number of hydrogen-bond acceptors (Lipinski definition) is 1. The first kappa shape index (κ1) is 9.27. The minimum atomic E-state index is 0.285. The zero-order chi connectivity index (χ0) is 8.97. The van der Waals surface area contributed by atoms with Crippen LogP contribution in [0.15, 0.2) is 30.3 Å². The third-order valence-corrected chi connectivity index (χ3v) is 2.17. The molecular weight excluding hydrogens is 146 g/mol. The highest BCUT2D eigenvalue weighted by Crippen LogP contribution is 2.07. The molecule has 0 aromatic heterocycles. The molecule has 0 bridgehead atoms. The van der Waals surface area contributed by atoms with E-state index < -0.39 is 0 Å². The minimum absolute atomic E-state index is 0.285. The molecule has 1 atom stereocenters. The summed E-state index contributed by atoms with van der Waals surface area (Å²) in [5.41, 5.74) is 7.28. The van der Waals surface area contributed by atoms with Crippen molar-refractivity contribution in [3.05, 3.63) is 35.9 Å². The van der Waals surface area contributed by atoms with Crippen molar-refractivity contribution in [1.82, 2.24) is 0 Å². The van der Waals surface area contributed by atoms with Crippen molar-refractivity contribution in [2.24, 2.45) is 11.7 Å². The SMILES string of the molecule is CC(C)[C@@H](N)Cc1ccccc1. The van der Waals surface area contributed by atoms with Crippen molar-refractivity contribution >= 4 is 0 Å². The van der Waals surface area contributed by atoms with E-state index in [1.807, 2.05) is 6.07 Å². The van der Waals surface area contributed by atoms with Gasteiger partial charge in [0.05, 0.1) is 0 Å². The summed E-state index contributed by atoms with van der Waals surface area (Å²) < 4.78 is 0. The first-order chi connectivity index (χ1) is 5.70. The minimum Gasteiger partial charge on any atom is -0.327 e. The summed E-state index contributed by atoms with van der Waals surface area (Å²) in [7, 11) is 0. The summed E-state index contributed by atoms with van der Waals surface area (Å²) >= 11 is 0. The first-order valence-electron chi connectivity index (χ1n) is 4.49. The second kappa shape index (κ2) is 4.27. The van der Waals surface area contributed by atoms with Crippen molar-refractivity contribution in [1.29, 1.82) is 0 Å². The fourth-order valence-corrected chi connectivity index (χ4v) is 1.12. The average molecular weight is 163 g/mol. The molecule has 1 rings (SSSR count). The smallest absolute Gasteiger partial charge is 0.0102 e. The van der Waals surface area contributed by atoms with Crippen molar-refractivity contribution in [2.75, 3.05) is 0 Å². The van der Waals surface area contributed by atoms with E-state index in [2.05, 4.69) is 38.1 Å². The first-order valence-corrected chi connectivity index (χ1v) is 4.49. The van der Waals surface area contributed by atoms with Crippen LogP contribution in [0, 0.1) is 5.92 Å². The fraction of sp³-hybridized carbons (Fsp3) is 0.455. The van der Waals surface area contributed by atoms with Crippen LogP contribution in [0.4, 0.5) is 0 Å². The van der Waals surface area contributed by atoms with Crippen LogP contribution in [0.1, 0.15) is 19.4 Å². The average Bonchev–Trinajstić information content (AvgIpc) is 2.06. The Morgan fingerprint density at radius 3 is 2.25 bits per heavy atom. The highest BCUT2D eigenvalue weighted by molar-refractivity contribution is 5.15. The molecule has 0 aliphatic carbocycles. The molecule has 1 aromatic rings. The molecule has 0 fully saturated rings. The van der Waals surface area contributed by atoms with E-state index in [4.69, 9.17) is 5.73 Å². The van der Waals surface area contributed by atoms with Gasteiger partial charge in [0.1, 0.15) is 0 Å². The lowest BCUT2D eigenvalue weighted by atomic mass is 9.98. The predicted molar refractivity (Wildman–Crippen MR) is 53.0 cm³/mol. The molecule has 66 valence electrons. The van der Waals surface area contributed by atoms with Gasteiger partial charge < -0.3 is 5.73 Å². The summed E-state index contributed by atoms with van der Waals surface area (Å²) in [5, 5.41) is 0. The van der Waals surface area contributed by atoms with E-state index in [1.165, 1.54) is 5.56 Å². The second-order valence-corrected chi connectivity index (χ2v) is 3.60. The molecule has 0 aliphatic rings. The third-order valence-electron chi connectivity index (χ3n) is 2.17. The lowest BCUT2D eigenvalue weighted by molar-refractivity contribution is 0.490. The molecule has 2 N–H and O–H groups in total. The quantitative estimate of drug-likeness (QED) is 0.726. The zero-order valence-electron chi connectivity index (χ0n) is 7.83. The van der Waals surface area contributed by atoms with Crippen molar-refractivity contribution < 1.29 is 0 Å². The monoisotopic (exact) mass is 163 g/mol. The number of benzene rings is 1. The summed E-state index contributed by atoms with van der Waals surface area (Å²) in [6, 6.07) is 10.7. The van der Waals surface area contributed by atoms with Gasteiger partial charge in [-0.2, -0.15) is 0 Å². The molecule has 12 heavy (non-hydrogen) atoms. The Hall–Kier alpha value is -0.820. The maximum absolute atomic E-state index is 5.95. The molecule has 0 saturated heterocycles. The topological polar surface area (TPSA) is 26.0 Å². The van der Waals surface area contributed by atoms with Gasteiger partial charge in [0.2, 0.25) is 0 Å². The van der Waals surface area contributed by atoms with Gasteiger partial charge in [-0.1, -0.05) is 44.2 Å². The Balaban J connectivity index is 2.53. The summed E-state index contributed by atoms with van der Waals surface area (Å²) in [4.78, 5) is 0. The van der Waals surface area contributed by atoms with Gasteiger partial charge in [0, 0.05) is 6.04 Å². The molecular formula is C11H17N. The maximum atomic E-state index is 5.95. The van der Waals surface area contributed by atoms with E-state index >= 15 is 0 Å². The van der Waals surface area contributed by atoms with Crippen LogP contribution in [0.5, 0.6) is 0 Å². The Morgan fingerprint density at radius 2 is 1.75 bits per heavy atom. The van der Waals surface area contributed by atoms with Gasteiger partial charge in [-0.15, -0.1) is 0 Å². The normalized spacial score (nSPS) is 13.3. The van der Waals surface area contributed by atoms with Crippen molar-refractivity contribution in [3.8, 4) is 0 Å². The maximum Gasteiger partial charge on any atom is 0.0102 e. The molecule has 0 spiro atoms. The van der Waals surface area contributed by atoms with Crippen LogP contribution < -0.4 is 5.73 Å². The predicted octanol–water partition coefficient (Wildman–Crippen LogP) is 2.21. The summed E-state index contributed by atoms with van der Waals surface area (Å²) in [5.74, 6) is 0.560. The lowest BCUT2D eigenvalue weighted by Crippen LogP contribution is -2.28. The highest BCUT2D eigenvalue weighted by Gasteiger charge is 2.07. The van der Waals surface area contributed by atoms with Gasteiger partial charge in [-0.25, -0.2) is 0 Å². The lowest BCUT2D eigenvalue weighted by Gasteiger charge is -2.14. The van der Waals surface area contributed by atoms with Crippen LogP contribution in [0.25, 0.3) is 0 Å². The molecule has 0 aliphatic heterocycles. The Labute approximate surface area is 74.6 Å². The van der Waals surface area contributed by atoms with E-state index in [1.54, 1.807) is 0 Å². The molecule has 1 aromatic carbocycles. The molecule has 1 nitrogen and oxygen atoms in total. The van der Waals surface area contributed by atoms with Gasteiger partial charge in [-0.05, 0) is 17.9 Å². The van der Waals surface area contributed by atoms with E-state index in [-0.39, 0.29) is 6.04 Å². The number of rotatable bonds is 3. The molecule has 0 heterocycles. The van der Waals surface area contributed by atoms with Crippen LogP contribution in [-0.2, 0) is 6.42 Å². The van der Waals surface area contributed by atoms with Crippen molar-refractivity contribution in [2.45, 2.75) is 26.3 Å². The van der Waals surface area contributed by atoms with E-state index in [0.717, 1.165) is 6.42 Å². The molecule has 1 heteroatoms. The van der Waals surface area contributed by atoms with Gasteiger partial charge >= 0.3 is 0 Å².